The zero-order valence-electron chi connectivity index (χ0n) is 12.3. The molecule has 0 aliphatic carbocycles. The predicted molar refractivity (Wildman–Crippen MR) is 72.2 cm³/mol. The van der Waals surface area contributed by atoms with E-state index in [0.29, 0.717) is 18.3 Å². The van der Waals surface area contributed by atoms with E-state index in [1.54, 1.807) is 0 Å². The Morgan fingerprint density at radius 3 is 2.00 bits per heavy atom. The quantitative estimate of drug-likeness (QED) is 0.711. The summed E-state index contributed by atoms with van der Waals surface area (Å²) in [5.74, 6) is 0.456. The molecule has 0 aliphatic rings. The summed E-state index contributed by atoms with van der Waals surface area (Å²) in [5.41, 5.74) is -0.723. The first-order valence-electron chi connectivity index (χ1n) is 6.64. The van der Waals surface area contributed by atoms with Crippen molar-refractivity contribution in [3.63, 3.8) is 0 Å². The van der Waals surface area contributed by atoms with E-state index in [4.69, 9.17) is 0 Å². The van der Waals surface area contributed by atoms with Crippen LogP contribution in [0.1, 0.15) is 53.9 Å². The summed E-state index contributed by atoms with van der Waals surface area (Å²) < 4.78 is 0. The van der Waals surface area contributed by atoms with Gasteiger partial charge in [-0.25, -0.2) is 0 Å². The standard InChI is InChI=1S/C14H29NO2/c1-11(2)7-9-14(5,13(16)17)15(6)10-8-12(3)4/h11-12H,7-10H2,1-6H3,(H,16,17). The van der Waals surface area contributed by atoms with Gasteiger partial charge in [0.25, 0.3) is 0 Å². The maximum Gasteiger partial charge on any atom is 0.323 e. The molecule has 1 unspecified atom stereocenters. The first-order valence-corrected chi connectivity index (χ1v) is 6.64. The minimum atomic E-state index is -0.723. The second-order valence-corrected chi connectivity index (χ2v) is 6.12. The van der Waals surface area contributed by atoms with Crippen LogP contribution >= 0.6 is 0 Å². The van der Waals surface area contributed by atoms with Crippen molar-refractivity contribution in [1.29, 1.82) is 0 Å². The fourth-order valence-electron chi connectivity index (χ4n) is 1.73. The second-order valence-electron chi connectivity index (χ2n) is 6.12. The number of carbonyl (C=O) groups is 1. The van der Waals surface area contributed by atoms with Gasteiger partial charge in [-0.3, -0.25) is 9.69 Å². The lowest BCUT2D eigenvalue weighted by atomic mass is 9.90. The molecule has 0 spiro atoms. The molecule has 0 radical (unpaired) electrons. The third-order valence-corrected chi connectivity index (χ3v) is 3.55. The van der Waals surface area contributed by atoms with Gasteiger partial charge in [0.1, 0.15) is 5.54 Å². The SMILES string of the molecule is CC(C)CCN(C)C(C)(CCC(C)C)C(=O)O. The van der Waals surface area contributed by atoms with Gasteiger partial charge < -0.3 is 5.11 Å². The van der Waals surface area contributed by atoms with Crippen LogP contribution in [0, 0.1) is 11.8 Å². The lowest BCUT2D eigenvalue weighted by Crippen LogP contribution is -2.51. The summed E-state index contributed by atoms with van der Waals surface area (Å²) >= 11 is 0. The normalized spacial score (nSPS) is 15.6. The van der Waals surface area contributed by atoms with Gasteiger partial charge in [-0.1, -0.05) is 27.7 Å². The molecule has 1 atom stereocenters. The summed E-state index contributed by atoms with van der Waals surface area (Å²) in [6.45, 7) is 11.3. The van der Waals surface area contributed by atoms with Gasteiger partial charge in [-0.2, -0.15) is 0 Å². The van der Waals surface area contributed by atoms with Crippen LogP contribution in [-0.4, -0.2) is 35.1 Å². The van der Waals surface area contributed by atoms with Crippen molar-refractivity contribution in [1.82, 2.24) is 4.90 Å². The highest BCUT2D eigenvalue weighted by molar-refractivity contribution is 5.78. The lowest BCUT2D eigenvalue weighted by Gasteiger charge is -2.36. The second kappa shape index (κ2) is 7.00. The van der Waals surface area contributed by atoms with Crippen LogP contribution in [0.5, 0.6) is 0 Å². The van der Waals surface area contributed by atoms with Crippen LogP contribution in [0.4, 0.5) is 0 Å². The van der Waals surface area contributed by atoms with E-state index in [9.17, 15) is 9.90 Å². The zero-order valence-corrected chi connectivity index (χ0v) is 12.3. The average Bonchev–Trinajstić information content (AvgIpc) is 2.21. The molecule has 0 saturated heterocycles. The molecule has 0 rings (SSSR count). The van der Waals surface area contributed by atoms with Gasteiger partial charge >= 0.3 is 5.97 Å². The molecule has 0 heterocycles. The van der Waals surface area contributed by atoms with Crippen molar-refractivity contribution in [2.75, 3.05) is 13.6 Å². The maximum absolute atomic E-state index is 11.5. The van der Waals surface area contributed by atoms with E-state index in [-0.39, 0.29) is 0 Å². The molecule has 0 saturated carbocycles. The van der Waals surface area contributed by atoms with Gasteiger partial charge in [0, 0.05) is 0 Å². The molecule has 17 heavy (non-hydrogen) atoms. The molecule has 102 valence electrons. The van der Waals surface area contributed by atoms with Gasteiger partial charge in [-0.15, -0.1) is 0 Å². The van der Waals surface area contributed by atoms with Crippen molar-refractivity contribution in [2.45, 2.75) is 59.4 Å². The van der Waals surface area contributed by atoms with Crippen molar-refractivity contribution in [3.8, 4) is 0 Å². The molecule has 0 aromatic carbocycles. The fraction of sp³-hybridized carbons (Fsp3) is 0.929. The van der Waals surface area contributed by atoms with Gasteiger partial charge in [-0.05, 0) is 51.6 Å². The highest BCUT2D eigenvalue weighted by Crippen LogP contribution is 2.23. The Labute approximate surface area is 106 Å². The molecular formula is C14H29NO2. The third-order valence-electron chi connectivity index (χ3n) is 3.55. The third kappa shape index (κ3) is 5.53. The highest BCUT2D eigenvalue weighted by atomic mass is 16.4. The van der Waals surface area contributed by atoms with Crippen molar-refractivity contribution < 1.29 is 9.90 Å². The number of carboxylic acid groups (broad SMARTS) is 1. The minimum Gasteiger partial charge on any atom is -0.480 e. The van der Waals surface area contributed by atoms with E-state index in [0.717, 1.165) is 19.4 Å². The molecule has 0 fully saturated rings. The fourth-order valence-corrected chi connectivity index (χ4v) is 1.73. The zero-order chi connectivity index (χ0) is 13.6. The molecule has 0 aromatic rings. The predicted octanol–water partition coefficient (Wildman–Crippen LogP) is 3.24. The smallest absolute Gasteiger partial charge is 0.323 e. The summed E-state index contributed by atoms with van der Waals surface area (Å²) in [6.07, 6.45) is 2.71. The maximum atomic E-state index is 11.5. The summed E-state index contributed by atoms with van der Waals surface area (Å²) in [6, 6.07) is 0. The monoisotopic (exact) mass is 243 g/mol. The van der Waals surface area contributed by atoms with Crippen molar-refractivity contribution >= 4 is 5.97 Å². The summed E-state index contributed by atoms with van der Waals surface area (Å²) in [5, 5.41) is 9.44. The van der Waals surface area contributed by atoms with Crippen LogP contribution in [0.25, 0.3) is 0 Å². The molecule has 0 aliphatic heterocycles. The van der Waals surface area contributed by atoms with Gasteiger partial charge in [0.05, 0.1) is 0 Å². The Bertz CT molecular complexity index is 238. The molecule has 0 aromatic heterocycles. The van der Waals surface area contributed by atoms with Crippen LogP contribution < -0.4 is 0 Å². The van der Waals surface area contributed by atoms with Crippen LogP contribution in [0.15, 0.2) is 0 Å². The Kier molecular flexibility index (Phi) is 6.76. The molecule has 3 heteroatoms. The average molecular weight is 243 g/mol. The Morgan fingerprint density at radius 1 is 1.18 bits per heavy atom. The molecular weight excluding hydrogens is 214 g/mol. The number of hydrogen-bond acceptors (Lipinski definition) is 2. The summed E-state index contributed by atoms with van der Waals surface area (Å²) in [4.78, 5) is 13.5. The molecule has 0 bridgehead atoms. The first kappa shape index (κ1) is 16.4. The highest BCUT2D eigenvalue weighted by Gasteiger charge is 2.36. The topological polar surface area (TPSA) is 40.5 Å². The van der Waals surface area contributed by atoms with E-state index in [1.807, 2.05) is 18.9 Å². The van der Waals surface area contributed by atoms with Gasteiger partial charge in [0.15, 0.2) is 0 Å². The van der Waals surface area contributed by atoms with Crippen LogP contribution in [0.2, 0.25) is 0 Å². The van der Waals surface area contributed by atoms with Gasteiger partial charge in [0.2, 0.25) is 0 Å². The number of likely N-dealkylation sites (N-methyl/N-ethyl adjacent to an activating group) is 1. The van der Waals surface area contributed by atoms with E-state index >= 15 is 0 Å². The van der Waals surface area contributed by atoms with Crippen LogP contribution in [-0.2, 0) is 4.79 Å². The van der Waals surface area contributed by atoms with Crippen LogP contribution in [0.3, 0.4) is 0 Å². The number of aliphatic carboxylic acids is 1. The summed E-state index contributed by atoms with van der Waals surface area (Å²) in [7, 11) is 1.93. The van der Waals surface area contributed by atoms with E-state index < -0.39 is 11.5 Å². The number of carboxylic acids is 1. The molecule has 1 N–H and O–H groups in total. The van der Waals surface area contributed by atoms with E-state index in [1.165, 1.54) is 0 Å². The number of nitrogens with zero attached hydrogens (tertiary/aromatic N) is 1. The van der Waals surface area contributed by atoms with Crippen molar-refractivity contribution in [2.24, 2.45) is 11.8 Å². The Balaban J connectivity index is 4.52. The molecule has 3 nitrogen and oxygen atoms in total. The number of rotatable bonds is 8. The lowest BCUT2D eigenvalue weighted by molar-refractivity contribution is -0.150. The minimum absolute atomic E-state index is 0.548. The largest absolute Gasteiger partial charge is 0.480 e. The Morgan fingerprint density at radius 2 is 1.65 bits per heavy atom. The number of hydrogen-bond donors (Lipinski definition) is 1. The van der Waals surface area contributed by atoms with Crippen molar-refractivity contribution in [3.05, 3.63) is 0 Å². The first-order chi connectivity index (χ1) is 7.70. The molecule has 0 amide bonds. The van der Waals surface area contributed by atoms with E-state index in [2.05, 4.69) is 27.7 Å². The Hall–Kier alpha value is -0.570.